The molecular weight excluding hydrogens is 400 g/mol. The van der Waals surface area contributed by atoms with Gasteiger partial charge in [0.1, 0.15) is 11.8 Å². The van der Waals surface area contributed by atoms with E-state index in [0.717, 1.165) is 59.3 Å². The number of carbonyl (C=O) groups is 2. The van der Waals surface area contributed by atoms with Crippen LogP contribution in [0, 0.1) is 27.7 Å². The Labute approximate surface area is 192 Å². The number of hydrogen-bond acceptors (Lipinski definition) is 3. The first kappa shape index (κ1) is 23.8. The van der Waals surface area contributed by atoms with Crippen molar-refractivity contribution in [1.29, 1.82) is 0 Å². The van der Waals surface area contributed by atoms with Crippen LogP contribution in [0.25, 0.3) is 0 Å². The number of aryl methyl sites for hydroxylation is 3. The number of nitrogens with zero attached hydrogens (tertiary/aromatic N) is 1. The van der Waals surface area contributed by atoms with Crippen molar-refractivity contribution in [3.05, 3.63) is 64.2 Å². The highest BCUT2D eigenvalue weighted by Gasteiger charge is 2.29. The lowest BCUT2D eigenvalue weighted by atomic mass is 10.1. The third-order valence-corrected chi connectivity index (χ3v) is 6.42. The maximum atomic E-state index is 13.3. The van der Waals surface area contributed by atoms with Crippen LogP contribution >= 0.6 is 0 Å². The summed E-state index contributed by atoms with van der Waals surface area (Å²) in [6.07, 6.45) is 4.32. The number of ether oxygens (including phenoxy) is 1. The van der Waals surface area contributed by atoms with Gasteiger partial charge in [0.15, 0.2) is 6.61 Å². The maximum Gasteiger partial charge on any atom is 0.261 e. The van der Waals surface area contributed by atoms with Crippen LogP contribution in [-0.4, -0.2) is 35.4 Å². The Balaban J connectivity index is 1.75. The minimum atomic E-state index is -0.576. The summed E-state index contributed by atoms with van der Waals surface area (Å²) in [6.45, 7) is 10.2. The van der Waals surface area contributed by atoms with E-state index >= 15 is 0 Å². The van der Waals surface area contributed by atoms with Crippen molar-refractivity contribution < 1.29 is 14.3 Å². The van der Waals surface area contributed by atoms with Gasteiger partial charge in [-0.1, -0.05) is 48.7 Å². The Morgan fingerprint density at radius 3 is 2.47 bits per heavy atom. The Morgan fingerprint density at radius 1 is 1.06 bits per heavy atom. The fourth-order valence-electron chi connectivity index (χ4n) is 4.35. The van der Waals surface area contributed by atoms with Gasteiger partial charge in [-0.15, -0.1) is 0 Å². The summed E-state index contributed by atoms with van der Waals surface area (Å²) in [7, 11) is 0. The van der Waals surface area contributed by atoms with E-state index < -0.39 is 6.04 Å². The zero-order valence-electron chi connectivity index (χ0n) is 20.0. The average molecular weight is 437 g/mol. The minimum Gasteiger partial charge on any atom is -0.483 e. The quantitative estimate of drug-likeness (QED) is 0.648. The molecule has 0 radical (unpaired) electrons. The second-order valence-electron chi connectivity index (χ2n) is 9.17. The lowest BCUT2D eigenvalue weighted by Gasteiger charge is -2.30. The second-order valence-corrected chi connectivity index (χ2v) is 9.17. The summed E-state index contributed by atoms with van der Waals surface area (Å²) in [5.74, 6) is 0.425. The average Bonchev–Trinajstić information content (AvgIpc) is 3.26. The fourth-order valence-corrected chi connectivity index (χ4v) is 4.35. The molecule has 2 aromatic rings. The van der Waals surface area contributed by atoms with Crippen molar-refractivity contribution in [2.45, 2.75) is 78.9 Å². The zero-order valence-corrected chi connectivity index (χ0v) is 20.0. The van der Waals surface area contributed by atoms with Crippen LogP contribution in [0.2, 0.25) is 0 Å². The number of carbonyl (C=O) groups excluding carboxylic acids is 2. The summed E-state index contributed by atoms with van der Waals surface area (Å²) in [4.78, 5) is 27.9. The van der Waals surface area contributed by atoms with Crippen LogP contribution in [0.5, 0.6) is 5.75 Å². The molecule has 0 unspecified atom stereocenters. The number of nitrogens with one attached hydrogen (secondary N) is 1. The molecular formula is C27H36N2O3. The van der Waals surface area contributed by atoms with Gasteiger partial charge in [-0.3, -0.25) is 9.59 Å². The molecule has 1 N–H and O–H groups in total. The normalized spacial score (nSPS) is 14.8. The summed E-state index contributed by atoms with van der Waals surface area (Å²) in [5.41, 5.74) is 5.38. The summed E-state index contributed by atoms with van der Waals surface area (Å²) < 4.78 is 5.94. The van der Waals surface area contributed by atoms with Crippen molar-refractivity contribution in [2.75, 3.05) is 6.61 Å². The van der Waals surface area contributed by atoms with Crippen LogP contribution in [0.15, 0.2) is 36.4 Å². The van der Waals surface area contributed by atoms with Crippen LogP contribution in [0.4, 0.5) is 0 Å². The highest BCUT2D eigenvalue weighted by atomic mass is 16.5. The fraction of sp³-hybridized carbons (Fsp3) is 0.481. The highest BCUT2D eigenvalue weighted by molar-refractivity contribution is 5.88. The standard InChI is InChI=1S/C27H36N2O3/c1-18-9-8-10-23(14-18)16-29(22(5)27(31)28-24-11-6-7-12-24)26(30)17-32-25-15-19(2)13-20(3)21(25)4/h8-10,13-15,22,24H,6-7,11-12,16-17H2,1-5H3,(H,28,31)/t22-/m0/s1. The monoisotopic (exact) mass is 436 g/mol. The first-order valence-corrected chi connectivity index (χ1v) is 11.6. The van der Waals surface area contributed by atoms with Crippen molar-refractivity contribution in [1.82, 2.24) is 10.2 Å². The molecule has 0 heterocycles. The predicted octanol–water partition coefficient (Wildman–Crippen LogP) is 4.78. The largest absolute Gasteiger partial charge is 0.483 e. The van der Waals surface area contributed by atoms with Crippen molar-refractivity contribution >= 4 is 11.8 Å². The molecule has 1 aliphatic rings. The van der Waals surface area contributed by atoms with Gasteiger partial charge in [0, 0.05) is 12.6 Å². The van der Waals surface area contributed by atoms with E-state index in [1.165, 1.54) is 0 Å². The zero-order chi connectivity index (χ0) is 23.3. The van der Waals surface area contributed by atoms with Gasteiger partial charge in [0.05, 0.1) is 0 Å². The third-order valence-electron chi connectivity index (χ3n) is 6.42. The molecule has 32 heavy (non-hydrogen) atoms. The maximum absolute atomic E-state index is 13.3. The first-order valence-electron chi connectivity index (χ1n) is 11.6. The van der Waals surface area contributed by atoms with E-state index in [4.69, 9.17) is 4.74 Å². The molecule has 5 heteroatoms. The van der Waals surface area contributed by atoms with E-state index in [0.29, 0.717) is 6.54 Å². The number of hydrogen-bond donors (Lipinski definition) is 1. The third kappa shape index (κ3) is 6.12. The van der Waals surface area contributed by atoms with Crippen molar-refractivity contribution in [3.8, 4) is 5.75 Å². The molecule has 1 fully saturated rings. The lowest BCUT2D eigenvalue weighted by molar-refractivity contribution is -0.142. The highest BCUT2D eigenvalue weighted by Crippen LogP contribution is 2.24. The van der Waals surface area contributed by atoms with E-state index in [1.807, 2.05) is 52.0 Å². The predicted molar refractivity (Wildman–Crippen MR) is 128 cm³/mol. The summed E-state index contributed by atoms with van der Waals surface area (Å²) >= 11 is 0. The molecule has 1 aliphatic carbocycles. The minimum absolute atomic E-state index is 0.0968. The molecule has 5 nitrogen and oxygen atoms in total. The number of rotatable bonds is 8. The summed E-state index contributed by atoms with van der Waals surface area (Å²) in [6, 6.07) is 11.7. The van der Waals surface area contributed by atoms with Gasteiger partial charge in [-0.25, -0.2) is 0 Å². The number of benzene rings is 2. The molecule has 1 atom stereocenters. The van der Waals surface area contributed by atoms with Gasteiger partial charge >= 0.3 is 0 Å². The molecule has 1 saturated carbocycles. The smallest absolute Gasteiger partial charge is 0.261 e. The van der Waals surface area contributed by atoms with Gasteiger partial charge in [0.2, 0.25) is 5.91 Å². The van der Waals surface area contributed by atoms with E-state index in [9.17, 15) is 9.59 Å². The second kappa shape index (κ2) is 10.7. The molecule has 0 spiro atoms. The molecule has 0 aromatic heterocycles. The Bertz CT molecular complexity index is 963. The molecule has 0 bridgehead atoms. The summed E-state index contributed by atoms with van der Waals surface area (Å²) in [5, 5.41) is 3.14. The molecule has 2 aromatic carbocycles. The Kier molecular flexibility index (Phi) is 7.94. The molecule has 0 aliphatic heterocycles. The SMILES string of the molecule is Cc1cccc(CN(C(=O)COc2cc(C)cc(C)c2C)[C@@H](C)C(=O)NC2CCCC2)c1. The first-order chi connectivity index (χ1) is 15.2. The molecule has 3 rings (SSSR count). The van der Waals surface area contributed by atoms with Crippen LogP contribution in [0.1, 0.15) is 60.4 Å². The van der Waals surface area contributed by atoms with E-state index in [-0.39, 0.29) is 24.5 Å². The van der Waals surface area contributed by atoms with Gasteiger partial charge in [-0.2, -0.15) is 0 Å². The van der Waals surface area contributed by atoms with E-state index in [1.54, 1.807) is 11.8 Å². The van der Waals surface area contributed by atoms with Crippen LogP contribution in [0.3, 0.4) is 0 Å². The lowest BCUT2D eigenvalue weighted by Crippen LogP contribution is -2.50. The van der Waals surface area contributed by atoms with Crippen LogP contribution in [-0.2, 0) is 16.1 Å². The molecule has 172 valence electrons. The molecule has 2 amide bonds. The van der Waals surface area contributed by atoms with Gasteiger partial charge < -0.3 is 15.0 Å². The topological polar surface area (TPSA) is 58.6 Å². The molecule has 0 saturated heterocycles. The Morgan fingerprint density at radius 2 is 1.78 bits per heavy atom. The van der Waals surface area contributed by atoms with Crippen LogP contribution < -0.4 is 10.1 Å². The number of amides is 2. The van der Waals surface area contributed by atoms with Crippen molar-refractivity contribution in [3.63, 3.8) is 0 Å². The van der Waals surface area contributed by atoms with Gasteiger partial charge in [-0.05, 0) is 75.8 Å². The van der Waals surface area contributed by atoms with E-state index in [2.05, 4.69) is 17.4 Å². The van der Waals surface area contributed by atoms with Gasteiger partial charge in [0.25, 0.3) is 5.91 Å². The van der Waals surface area contributed by atoms with Crippen molar-refractivity contribution in [2.24, 2.45) is 0 Å². The Hall–Kier alpha value is -2.82.